The molecular formula is C31H32FN5O2. The number of hydrazone groups is 2. The van der Waals surface area contributed by atoms with Crippen LogP contribution < -0.4 is 5.32 Å². The van der Waals surface area contributed by atoms with E-state index in [2.05, 4.69) is 45.9 Å². The highest BCUT2D eigenvalue weighted by atomic mass is 19.1. The van der Waals surface area contributed by atoms with Gasteiger partial charge in [-0.15, -0.1) is 0 Å². The number of aliphatic carboxylic acids is 1. The van der Waals surface area contributed by atoms with E-state index in [0.717, 1.165) is 54.6 Å². The number of benzene rings is 2. The summed E-state index contributed by atoms with van der Waals surface area (Å²) in [5.74, 6) is 0.253. The molecule has 1 atom stereocenters. The van der Waals surface area contributed by atoms with E-state index in [1.54, 1.807) is 17.3 Å². The van der Waals surface area contributed by atoms with Crippen LogP contribution in [0.5, 0.6) is 0 Å². The lowest BCUT2D eigenvalue weighted by molar-refractivity contribution is -0.138. The largest absolute Gasteiger partial charge is 0.481 e. The van der Waals surface area contributed by atoms with Crippen LogP contribution in [0.2, 0.25) is 0 Å². The van der Waals surface area contributed by atoms with Gasteiger partial charge in [0.2, 0.25) is 0 Å². The number of hydrogen-bond acceptors (Lipinski definition) is 6. The molecule has 2 N–H and O–H groups in total. The maximum Gasteiger partial charge on any atom is 0.303 e. The van der Waals surface area contributed by atoms with Crippen molar-refractivity contribution < 1.29 is 14.3 Å². The third-order valence-corrected chi connectivity index (χ3v) is 8.27. The number of aliphatic imine (C=N–C) groups is 1. The van der Waals surface area contributed by atoms with Gasteiger partial charge in [-0.2, -0.15) is 15.3 Å². The summed E-state index contributed by atoms with van der Waals surface area (Å²) >= 11 is 0. The molecule has 2 aliphatic heterocycles. The Kier molecular flexibility index (Phi) is 6.62. The summed E-state index contributed by atoms with van der Waals surface area (Å²) in [6.45, 7) is 2.04. The molecule has 1 saturated carbocycles. The smallest absolute Gasteiger partial charge is 0.303 e. The van der Waals surface area contributed by atoms with Crippen LogP contribution in [0.3, 0.4) is 0 Å². The Hall–Kier alpha value is -4.07. The maximum atomic E-state index is 15.4. The van der Waals surface area contributed by atoms with Crippen LogP contribution in [-0.4, -0.2) is 40.0 Å². The lowest BCUT2D eigenvalue weighted by Crippen LogP contribution is -2.30. The van der Waals surface area contributed by atoms with Crippen molar-refractivity contribution in [2.75, 3.05) is 0 Å². The first-order valence-electron chi connectivity index (χ1n) is 13.6. The summed E-state index contributed by atoms with van der Waals surface area (Å²) < 4.78 is 15.4. The zero-order chi connectivity index (χ0) is 27.0. The molecule has 2 aromatic rings. The number of nitrogens with zero attached hydrogens (tertiary/aromatic N) is 4. The van der Waals surface area contributed by atoms with E-state index in [4.69, 9.17) is 10.1 Å². The van der Waals surface area contributed by atoms with E-state index in [1.807, 2.05) is 31.5 Å². The normalized spacial score (nSPS) is 25.9. The first-order valence-corrected chi connectivity index (χ1v) is 13.6. The Labute approximate surface area is 227 Å². The van der Waals surface area contributed by atoms with Crippen molar-refractivity contribution in [3.8, 4) is 11.1 Å². The second kappa shape index (κ2) is 10.2. The summed E-state index contributed by atoms with van der Waals surface area (Å²) in [5, 5.41) is 22.6. The predicted octanol–water partition coefficient (Wildman–Crippen LogP) is 6.20. The number of amidine groups is 1. The van der Waals surface area contributed by atoms with Gasteiger partial charge in [0.05, 0.1) is 11.3 Å². The van der Waals surface area contributed by atoms with Crippen LogP contribution in [-0.2, 0) is 4.79 Å². The zero-order valence-corrected chi connectivity index (χ0v) is 22.0. The van der Waals surface area contributed by atoms with Crippen LogP contribution in [0.4, 0.5) is 4.39 Å². The number of carbonyl (C=O) groups is 1. The number of nitrogens with one attached hydrogen (secondary N) is 1. The van der Waals surface area contributed by atoms with E-state index in [1.165, 1.54) is 5.56 Å². The molecule has 2 heterocycles. The molecule has 0 radical (unpaired) electrons. The minimum Gasteiger partial charge on any atom is -0.481 e. The van der Waals surface area contributed by atoms with Crippen molar-refractivity contribution in [3.05, 3.63) is 83.0 Å². The van der Waals surface area contributed by atoms with Crippen molar-refractivity contribution in [2.24, 2.45) is 21.1 Å². The minimum absolute atomic E-state index is 0.271. The van der Waals surface area contributed by atoms with Crippen molar-refractivity contribution >= 4 is 24.2 Å². The lowest BCUT2D eigenvalue weighted by atomic mass is 9.77. The van der Waals surface area contributed by atoms with Gasteiger partial charge < -0.3 is 10.4 Å². The lowest BCUT2D eigenvalue weighted by Gasteiger charge is -2.28. The first kappa shape index (κ1) is 25.2. The SMILES string of the molecule is CC12CC=C(N3N=CCC=N3)C=C1NC(c1ccc(-c3ccc(C4CCC(CC(=O)O)CC4)cc3)cc1F)=N2. The quantitative estimate of drug-likeness (QED) is 0.470. The fraction of sp³-hybridized carbons (Fsp3) is 0.355. The van der Waals surface area contributed by atoms with Gasteiger partial charge >= 0.3 is 5.97 Å². The number of rotatable bonds is 6. The third-order valence-electron chi connectivity index (χ3n) is 8.27. The van der Waals surface area contributed by atoms with E-state index < -0.39 is 11.5 Å². The monoisotopic (exact) mass is 525 g/mol. The van der Waals surface area contributed by atoms with E-state index >= 15 is 4.39 Å². The third kappa shape index (κ3) is 5.15. The van der Waals surface area contributed by atoms with Crippen LogP contribution in [0.1, 0.15) is 68.9 Å². The molecule has 2 aliphatic carbocycles. The molecule has 2 aromatic carbocycles. The molecule has 4 aliphatic rings. The standard InChI is InChI=1S/C31H32FN5O2/c1-31-14-13-25(37-33-15-2-16-34-37)19-28(31)35-30(36-31)26-12-11-24(18-27(26)32)23-9-7-22(8-10-23)21-5-3-20(4-6-21)17-29(38)39/h7-13,15-16,18-21H,2-6,14,17H2,1H3,(H,35,36)(H,38,39). The van der Waals surface area contributed by atoms with Gasteiger partial charge in [-0.1, -0.05) is 36.4 Å². The molecule has 0 spiro atoms. The van der Waals surface area contributed by atoms with Gasteiger partial charge in [-0.05, 0) is 85.8 Å². The zero-order valence-electron chi connectivity index (χ0n) is 22.0. The molecule has 200 valence electrons. The number of fused-ring (bicyclic) bond motifs is 1. The van der Waals surface area contributed by atoms with Crippen LogP contribution >= 0.6 is 0 Å². The van der Waals surface area contributed by atoms with Crippen molar-refractivity contribution in [2.45, 2.75) is 63.3 Å². The molecule has 1 fully saturated rings. The summed E-state index contributed by atoms with van der Waals surface area (Å²) in [7, 11) is 0. The molecule has 6 rings (SSSR count). The summed E-state index contributed by atoms with van der Waals surface area (Å²) in [6.07, 6.45) is 13.3. The van der Waals surface area contributed by atoms with Gasteiger partial charge in [0.25, 0.3) is 0 Å². The van der Waals surface area contributed by atoms with Crippen LogP contribution in [0.15, 0.2) is 81.2 Å². The maximum absolute atomic E-state index is 15.4. The highest BCUT2D eigenvalue weighted by Crippen LogP contribution is 2.39. The molecule has 1 unspecified atom stereocenters. The van der Waals surface area contributed by atoms with Crippen LogP contribution in [0.25, 0.3) is 11.1 Å². The minimum atomic E-state index is -0.703. The molecule has 39 heavy (non-hydrogen) atoms. The topological polar surface area (TPSA) is 89.7 Å². The number of allylic oxidation sites excluding steroid dienone is 1. The Morgan fingerprint density at radius 1 is 1.08 bits per heavy atom. The summed E-state index contributed by atoms with van der Waals surface area (Å²) in [5.41, 5.74) is 4.79. The second-order valence-corrected chi connectivity index (χ2v) is 11.0. The molecule has 0 bridgehead atoms. The first-order chi connectivity index (χ1) is 18.9. The molecule has 8 heteroatoms. The van der Waals surface area contributed by atoms with E-state index in [-0.39, 0.29) is 18.2 Å². The highest BCUT2D eigenvalue weighted by Gasteiger charge is 2.38. The predicted molar refractivity (Wildman–Crippen MR) is 151 cm³/mol. The molecular weight excluding hydrogens is 493 g/mol. The molecule has 0 amide bonds. The number of hydrogen-bond donors (Lipinski definition) is 2. The van der Waals surface area contributed by atoms with Gasteiger partial charge in [0, 0.05) is 31.0 Å². The highest BCUT2D eigenvalue weighted by molar-refractivity contribution is 6.03. The van der Waals surface area contributed by atoms with Gasteiger partial charge in [0.15, 0.2) is 0 Å². The van der Waals surface area contributed by atoms with Crippen molar-refractivity contribution in [3.63, 3.8) is 0 Å². The molecule has 0 saturated heterocycles. The molecule has 7 nitrogen and oxygen atoms in total. The van der Waals surface area contributed by atoms with Crippen molar-refractivity contribution in [1.29, 1.82) is 0 Å². The second-order valence-electron chi connectivity index (χ2n) is 11.0. The Balaban J connectivity index is 1.14. The number of carboxylic acid groups (broad SMARTS) is 1. The number of carboxylic acids is 1. The van der Waals surface area contributed by atoms with Gasteiger partial charge in [0.1, 0.15) is 17.2 Å². The summed E-state index contributed by atoms with van der Waals surface area (Å²) in [4.78, 5) is 15.9. The average Bonchev–Trinajstić information content (AvgIpc) is 3.30. The Bertz CT molecular complexity index is 1420. The average molecular weight is 526 g/mol. The fourth-order valence-corrected chi connectivity index (χ4v) is 5.96. The molecule has 0 aromatic heterocycles. The van der Waals surface area contributed by atoms with E-state index in [0.29, 0.717) is 23.7 Å². The summed E-state index contributed by atoms with van der Waals surface area (Å²) in [6, 6.07) is 13.7. The number of halogens is 1. The fourth-order valence-electron chi connectivity index (χ4n) is 5.96. The Morgan fingerprint density at radius 3 is 2.49 bits per heavy atom. The van der Waals surface area contributed by atoms with Gasteiger partial charge in [-0.25, -0.2) is 4.39 Å². The van der Waals surface area contributed by atoms with E-state index in [9.17, 15) is 4.79 Å². The van der Waals surface area contributed by atoms with Crippen LogP contribution in [0, 0.1) is 11.7 Å². The van der Waals surface area contributed by atoms with Gasteiger partial charge in [-0.3, -0.25) is 9.79 Å². The Morgan fingerprint density at radius 2 is 1.79 bits per heavy atom. The van der Waals surface area contributed by atoms with Crippen molar-refractivity contribution in [1.82, 2.24) is 10.4 Å².